The van der Waals surface area contributed by atoms with Gasteiger partial charge >= 0.3 is 0 Å². The predicted octanol–water partition coefficient (Wildman–Crippen LogP) is 2.76. The first-order valence-electron chi connectivity index (χ1n) is 5.17. The molecule has 1 nitrogen and oxygen atoms in total. The molecule has 0 unspecified atom stereocenters. The number of halogens is 1. The topological polar surface area (TPSA) is 9.23 Å². The maximum absolute atomic E-state index is 5.56. The van der Waals surface area contributed by atoms with Crippen LogP contribution in [0.5, 0.6) is 0 Å². The van der Waals surface area contributed by atoms with Gasteiger partial charge in [0.2, 0.25) is 0 Å². The van der Waals surface area contributed by atoms with Crippen molar-refractivity contribution in [3.05, 3.63) is 0 Å². The van der Waals surface area contributed by atoms with E-state index in [2.05, 4.69) is 57.5 Å². The first-order valence-corrected chi connectivity index (χ1v) is 7.11. The molecule has 0 rings (SSSR count). The van der Waals surface area contributed by atoms with Crippen molar-refractivity contribution in [1.82, 2.24) is 0 Å². The van der Waals surface area contributed by atoms with E-state index >= 15 is 0 Å². The van der Waals surface area contributed by atoms with Gasteiger partial charge in [0, 0.05) is 17.4 Å². The summed E-state index contributed by atoms with van der Waals surface area (Å²) >= 11 is 3.68. The summed E-state index contributed by atoms with van der Waals surface area (Å²) in [5.74, 6) is 0. The summed E-state index contributed by atoms with van der Waals surface area (Å²) in [6.07, 6.45) is 0. The average molecular weight is 281 g/mol. The summed E-state index contributed by atoms with van der Waals surface area (Å²) in [6.45, 7) is 14.7. The normalized spacial score (nSPS) is 14.8. The third-order valence-electron chi connectivity index (χ3n) is 3.49. The number of rotatable bonds is 3. The SMILES string of the molecule is CC(C)(C)C(CBr)(CO[SiH3])C(C)(C)C. The van der Waals surface area contributed by atoms with E-state index < -0.39 is 0 Å². The maximum atomic E-state index is 5.56. The van der Waals surface area contributed by atoms with E-state index in [0.717, 1.165) is 22.4 Å². The molecule has 0 atom stereocenters. The van der Waals surface area contributed by atoms with Gasteiger partial charge in [-0.2, -0.15) is 0 Å². The highest BCUT2D eigenvalue weighted by molar-refractivity contribution is 9.09. The lowest BCUT2D eigenvalue weighted by atomic mass is 9.55. The molecule has 0 aromatic heterocycles. The largest absolute Gasteiger partial charge is 0.427 e. The zero-order chi connectivity index (χ0) is 11.6. The Labute approximate surface area is 101 Å². The summed E-state index contributed by atoms with van der Waals surface area (Å²) < 4.78 is 5.56. The summed E-state index contributed by atoms with van der Waals surface area (Å²) in [5, 5.41) is 0.995. The first kappa shape index (κ1) is 14.7. The van der Waals surface area contributed by atoms with E-state index in [1.54, 1.807) is 0 Å². The summed E-state index contributed by atoms with van der Waals surface area (Å²) in [6, 6.07) is 0. The third-order valence-corrected chi connectivity index (χ3v) is 4.74. The lowest BCUT2D eigenvalue weighted by Crippen LogP contribution is -2.51. The Hall–Kier alpha value is 0.657. The molecule has 0 fully saturated rings. The van der Waals surface area contributed by atoms with Crippen molar-refractivity contribution in [3.63, 3.8) is 0 Å². The Morgan fingerprint density at radius 3 is 1.43 bits per heavy atom. The van der Waals surface area contributed by atoms with E-state index in [1.165, 1.54) is 0 Å². The Morgan fingerprint density at radius 1 is 1.00 bits per heavy atom. The van der Waals surface area contributed by atoms with Crippen molar-refractivity contribution in [3.8, 4) is 0 Å². The molecule has 0 aromatic carbocycles. The van der Waals surface area contributed by atoms with Gasteiger partial charge in [-0.15, -0.1) is 0 Å². The molecular formula is C11H25BrOSi. The fraction of sp³-hybridized carbons (Fsp3) is 1.00. The Morgan fingerprint density at radius 2 is 1.36 bits per heavy atom. The van der Waals surface area contributed by atoms with E-state index in [0.29, 0.717) is 0 Å². The smallest absolute Gasteiger partial charge is 0.145 e. The molecule has 14 heavy (non-hydrogen) atoms. The lowest BCUT2D eigenvalue weighted by molar-refractivity contribution is -0.0440. The van der Waals surface area contributed by atoms with Gasteiger partial charge in [-0.05, 0) is 10.8 Å². The molecule has 0 bridgehead atoms. The van der Waals surface area contributed by atoms with Gasteiger partial charge in [0.05, 0.1) is 0 Å². The van der Waals surface area contributed by atoms with Crippen LogP contribution in [0.25, 0.3) is 0 Å². The van der Waals surface area contributed by atoms with Crippen LogP contribution in [0.15, 0.2) is 0 Å². The highest BCUT2D eigenvalue weighted by Gasteiger charge is 2.49. The average Bonchev–Trinajstić information content (AvgIpc) is 1.94. The standard InChI is InChI=1S/C11H25BrOSi/c1-9(2,3)11(7-12,8-13-14)10(4,5)6/h7-8H2,1-6,14H3. The predicted molar refractivity (Wildman–Crippen MR) is 71.0 cm³/mol. The number of alkyl halides is 1. The van der Waals surface area contributed by atoms with Gasteiger partial charge in [0.1, 0.15) is 10.5 Å². The quantitative estimate of drug-likeness (QED) is 0.571. The highest BCUT2D eigenvalue weighted by atomic mass is 79.9. The van der Waals surface area contributed by atoms with Gasteiger partial charge in [-0.1, -0.05) is 57.5 Å². The van der Waals surface area contributed by atoms with E-state index in [1.807, 2.05) is 0 Å². The molecule has 0 aliphatic rings. The van der Waals surface area contributed by atoms with E-state index in [-0.39, 0.29) is 16.2 Å². The highest BCUT2D eigenvalue weighted by Crippen LogP contribution is 2.52. The number of hydrogen-bond acceptors (Lipinski definition) is 1. The second kappa shape index (κ2) is 4.66. The lowest BCUT2D eigenvalue weighted by Gasteiger charge is -2.52. The molecule has 0 saturated heterocycles. The summed E-state index contributed by atoms with van der Waals surface area (Å²) in [5.41, 5.74) is 0.695. The monoisotopic (exact) mass is 280 g/mol. The van der Waals surface area contributed by atoms with Crippen LogP contribution >= 0.6 is 15.9 Å². The van der Waals surface area contributed by atoms with Gasteiger partial charge in [-0.25, -0.2) is 0 Å². The maximum Gasteiger partial charge on any atom is 0.145 e. The first-order chi connectivity index (χ1) is 6.12. The van der Waals surface area contributed by atoms with Crippen LogP contribution in [0.1, 0.15) is 41.5 Å². The third kappa shape index (κ3) is 2.61. The van der Waals surface area contributed by atoms with Crippen LogP contribution < -0.4 is 0 Å². The van der Waals surface area contributed by atoms with Crippen LogP contribution in [0, 0.1) is 16.2 Å². The van der Waals surface area contributed by atoms with Crippen LogP contribution in [0.2, 0.25) is 0 Å². The molecular weight excluding hydrogens is 256 g/mol. The zero-order valence-corrected chi connectivity index (χ0v) is 14.3. The molecule has 0 aliphatic carbocycles. The van der Waals surface area contributed by atoms with Crippen molar-refractivity contribution < 1.29 is 4.43 Å². The molecule has 0 N–H and O–H groups in total. The minimum atomic E-state index is 0.196. The van der Waals surface area contributed by atoms with Gasteiger partial charge < -0.3 is 4.43 Å². The van der Waals surface area contributed by atoms with Gasteiger partial charge in [0.15, 0.2) is 0 Å². The van der Waals surface area contributed by atoms with Crippen LogP contribution in [0.3, 0.4) is 0 Å². The van der Waals surface area contributed by atoms with Crippen LogP contribution in [-0.4, -0.2) is 22.4 Å². The zero-order valence-electron chi connectivity index (χ0n) is 10.7. The second-order valence-corrected chi connectivity index (χ2v) is 7.29. The van der Waals surface area contributed by atoms with Crippen LogP contribution in [-0.2, 0) is 4.43 Å². The molecule has 0 heterocycles. The van der Waals surface area contributed by atoms with E-state index in [9.17, 15) is 0 Å². The Bertz CT molecular complexity index is 165. The van der Waals surface area contributed by atoms with Crippen molar-refractivity contribution in [2.75, 3.05) is 11.9 Å². The molecule has 3 heteroatoms. The molecule has 86 valence electrons. The number of hydrogen-bond donors (Lipinski definition) is 0. The molecule has 0 aromatic rings. The summed E-state index contributed by atoms with van der Waals surface area (Å²) in [7, 11) is 0.821. The molecule has 0 radical (unpaired) electrons. The molecule has 0 amide bonds. The summed E-state index contributed by atoms with van der Waals surface area (Å²) in [4.78, 5) is 0. The van der Waals surface area contributed by atoms with Crippen molar-refractivity contribution in [2.24, 2.45) is 16.2 Å². The van der Waals surface area contributed by atoms with Gasteiger partial charge in [0.25, 0.3) is 0 Å². The fourth-order valence-electron chi connectivity index (χ4n) is 2.24. The minimum Gasteiger partial charge on any atom is -0.427 e. The minimum absolute atomic E-state index is 0.196. The van der Waals surface area contributed by atoms with Gasteiger partial charge in [-0.3, -0.25) is 0 Å². The Kier molecular flexibility index (Phi) is 4.88. The molecule has 0 saturated carbocycles. The van der Waals surface area contributed by atoms with E-state index in [4.69, 9.17) is 4.43 Å². The van der Waals surface area contributed by atoms with Crippen molar-refractivity contribution in [1.29, 1.82) is 0 Å². The second-order valence-electron chi connectivity index (χ2n) is 6.15. The van der Waals surface area contributed by atoms with Crippen molar-refractivity contribution >= 4 is 26.4 Å². The molecule has 0 aliphatic heterocycles. The fourth-order valence-corrected chi connectivity index (χ4v) is 4.58. The molecule has 0 spiro atoms. The Balaban J connectivity index is 5.21. The van der Waals surface area contributed by atoms with Crippen LogP contribution in [0.4, 0.5) is 0 Å². The van der Waals surface area contributed by atoms with Crippen molar-refractivity contribution in [2.45, 2.75) is 41.5 Å².